The molecule has 19 heavy (non-hydrogen) atoms. The average molecular weight is 262 g/mol. The highest BCUT2D eigenvalue weighted by Crippen LogP contribution is 2.24. The quantitative estimate of drug-likeness (QED) is 0.795. The molecule has 0 aliphatic rings. The van der Waals surface area contributed by atoms with Crippen LogP contribution in [0, 0.1) is 6.92 Å². The van der Waals surface area contributed by atoms with Gasteiger partial charge < -0.3 is 10.2 Å². The van der Waals surface area contributed by atoms with Crippen LogP contribution in [0.4, 0.5) is 5.69 Å². The molecular weight excluding hydrogens is 232 g/mol. The normalized spacial score (nSPS) is 11.4. The van der Waals surface area contributed by atoms with E-state index in [-0.39, 0.29) is 0 Å². The van der Waals surface area contributed by atoms with Crippen LogP contribution < -0.4 is 10.2 Å². The summed E-state index contributed by atoms with van der Waals surface area (Å²) in [5.74, 6) is 0. The minimum absolute atomic E-state index is 0.534. The molecule has 0 saturated heterocycles. The van der Waals surface area contributed by atoms with Crippen LogP contribution in [0.1, 0.15) is 51.7 Å². The lowest BCUT2D eigenvalue weighted by atomic mass is 10.1. The van der Waals surface area contributed by atoms with E-state index in [9.17, 15) is 0 Å². The molecule has 1 aromatic carbocycles. The fourth-order valence-electron chi connectivity index (χ4n) is 2.58. The van der Waals surface area contributed by atoms with Crippen LogP contribution in [0.2, 0.25) is 0 Å². The number of anilines is 1. The second kappa shape index (κ2) is 7.54. The van der Waals surface area contributed by atoms with Gasteiger partial charge in [0.15, 0.2) is 0 Å². The highest BCUT2D eigenvalue weighted by Gasteiger charge is 2.13. The zero-order valence-corrected chi connectivity index (χ0v) is 13.5. The molecule has 2 heteroatoms. The smallest absolute Gasteiger partial charge is 0.0396 e. The molecule has 0 aliphatic heterocycles. The number of hydrogen-bond acceptors (Lipinski definition) is 2. The highest BCUT2D eigenvalue weighted by atomic mass is 15.1. The number of nitrogens with one attached hydrogen (secondary N) is 1. The van der Waals surface area contributed by atoms with Gasteiger partial charge in [-0.05, 0) is 37.0 Å². The second-order valence-electron chi connectivity index (χ2n) is 5.74. The third-order valence-electron chi connectivity index (χ3n) is 3.85. The van der Waals surface area contributed by atoms with Crippen LogP contribution in [0.25, 0.3) is 0 Å². The van der Waals surface area contributed by atoms with Gasteiger partial charge in [-0.1, -0.05) is 39.8 Å². The summed E-state index contributed by atoms with van der Waals surface area (Å²) in [5, 5.41) is 3.47. The summed E-state index contributed by atoms with van der Waals surface area (Å²) < 4.78 is 0. The van der Waals surface area contributed by atoms with Crippen LogP contribution >= 0.6 is 0 Å². The Hall–Kier alpha value is -1.02. The van der Waals surface area contributed by atoms with Crippen LogP contribution in [-0.2, 0) is 6.54 Å². The third kappa shape index (κ3) is 4.54. The standard InChI is InChI=1S/C17H30N2/c1-7-16(8-2)19(6)17-10-9-15(11-14(17)5)12-18-13(3)4/h9-11,13,16,18H,7-8,12H2,1-6H3. The van der Waals surface area contributed by atoms with Crippen molar-refractivity contribution < 1.29 is 0 Å². The lowest BCUT2D eigenvalue weighted by Crippen LogP contribution is -2.31. The minimum atomic E-state index is 0.534. The molecule has 0 unspecified atom stereocenters. The van der Waals surface area contributed by atoms with Gasteiger partial charge in [0.05, 0.1) is 0 Å². The molecule has 1 N–H and O–H groups in total. The van der Waals surface area contributed by atoms with E-state index in [1.807, 2.05) is 0 Å². The van der Waals surface area contributed by atoms with Gasteiger partial charge in [0.25, 0.3) is 0 Å². The van der Waals surface area contributed by atoms with Gasteiger partial charge >= 0.3 is 0 Å². The minimum Gasteiger partial charge on any atom is -0.371 e. The third-order valence-corrected chi connectivity index (χ3v) is 3.85. The first-order valence-electron chi connectivity index (χ1n) is 7.55. The molecule has 108 valence electrons. The lowest BCUT2D eigenvalue weighted by Gasteiger charge is -2.30. The van der Waals surface area contributed by atoms with E-state index >= 15 is 0 Å². The van der Waals surface area contributed by atoms with Crippen molar-refractivity contribution in [3.8, 4) is 0 Å². The predicted octanol–water partition coefficient (Wildman–Crippen LogP) is 4.12. The fourth-order valence-corrected chi connectivity index (χ4v) is 2.58. The monoisotopic (exact) mass is 262 g/mol. The van der Waals surface area contributed by atoms with E-state index in [2.05, 4.69) is 70.1 Å². The molecule has 0 amide bonds. The molecule has 0 fully saturated rings. The van der Waals surface area contributed by atoms with Gasteiger partial charge in [-0.2, -0.15) is 0 Å². The maximum absolute atomic E-state index is 3.47. The van der Waals surface area contributed by atoms with E-state index in [0.29, 0.717) is 12.1 Å². The van der Waals surface area contributed by atoms with Gasteiger partial charge in [-0.25, -0.2) is 0 Å². The summed E-state index contributed by atoms with van der Waals surface area (Å²) in [7, 11) is 2.21. The van der Waals surface area contributed by atoms with Crippen LogP contribution in [0.5, 0.6) is 0 Å². The van der Waals surface area contributed by atoms with Crippen molar-refractivity contribution in [1.29, 1.82) is 0 Å². The molecule has 1 aromatic rings. The van der Waals surface area contributed by atoms with E-state index < -0.39 is 0 Å². The summed E-state index contributed by atoms with van der Waals surface area (Å²) in [6.45, 7) is 12.1. The summed E-state index contributed by atoms with van der Waals surface area (Å²) in [4.78, 5) is 2.43. The van der Waals surface area contributed by atoms with Gasteiger partial charge in [0.2, 0.25) is 0 Å². The summed E-state index contributed by atoms with van der Waals surface area (Å²) >= 11 is 0. The number of aryl methyl sites for hydroxylation is 1. The molecule has 2 nitrogen and oxygen atoms in total. The van der Waals surface area contributed by atoms with E-state index in [0.717, 1.165) is 6.54 Å². The van der Waals surface area contributed by atoms with E-state index in [1.54, 1.807) is 0 Å². The highest BCUT2D eigenvalue weighted by molar-refractivity contribution is 5.54. The van der Waals surface area contributed by atoms with E-state index in [1.165, 1.54) is 29.7 Å². The fraction of sp³-hybridized carbons (Fsp3) is 0.647. The van der Waals surface area contributed by atoms with E-state index in [4.69, 9.17) is 0 Å². The Kier molecular flexibility index (Phi) is 6.36. The molecule has 0 spiro atoms. The van der Waals surface area contributed by atoms with Crippen molar-refractivity contribution in [2.24, 2.45) is 0 Å². The Bertz CT molecular complexity index is 381. The van der Waals surface area contributed by atoms with Crippen molar-refractivity contribution in [3.05, 3.63) is 29.3 Å². The summed E-state index contributed by atoms with van der Waals surface area (Å²) in [6.07, 6.45) is 2.40. The summed E-state index contributed by atoms with van der Waals surface area (Å²) in [6, 6.07) is 8.00. The molecule has 0 bridgehead atoms. The molecule has 0 heterocycles. The van der Waals surface area contributed by atoms with Gasteiger partial charge in [-0.3, -0.25) is 0 Å². The summed E-state index contributed by atoms with van der Waals surface area (Å²) in [5.41, 5.74) is 4.10. The molecule has 0 atom stereocenters. The first-order valence-corrected chi connectivity index (χ1v) is 7.55. The molecule has 0 radical (unpaired) electrons. The SMILES string of the molecule is CCC(CC)N(C)c1ccc(CNC(C)C)cc1C. The number of hydrogen-bond donors (Lipinski definition) is 1. The molecular formula is C17H30N2. The number of benzene rings is 1. The first-order chi connectivity index (χ1) is 8.99. The Morgan fingerprint density at radius 1 is 1.16 bits per heavy atom. The van der Waals surface area contributed by atoms with Gasteiger partial charge in [0, 0.05) is 31.4 Å². The topological polar surface area (TPSA) is 15.3 Å². The van der Waals surface area contributed by atoms with Crippen molar-refractivity contribution in [1.82, 2.24) is 5.32 Å². The second-order valence-corrected chi connectivity index (χ2v) is 5.74. The van der Waals surface area contributed by atoms with Crippen molar-refractivity contribution in [2.75, 3.05) is 11.9 Å². The van der Waals surface area contributed by atoms with Crippen molar-refractivity contribution in [2.45, 2.75) is 66.1 Å². The zero-order valence-electron chi connectivity index (χ0n) is 13.5. The predicted molar refractivity (Wildman–Crippen MR) is 85.9 cm³/mol. The Balaban J connectivity index is 2.81. The van der Waals surface area contributed by atoms with Crippen molar-refractivity contribution >= 4 is 5.69 Å². The average Bonchev–Trinajstić information content (AvgIpc) is 2.37. The first kappa shape index (κ1) is 16.0. The van der Waals surface area contributed by atoms with Gasteiger partial charge in [0.1, 0.15) is 0 Å². The molecule has 1 rings (SSSR count). The van der Waals surface area contributed by atoms with Crippen LogP contribution in [0.3, 0.4) is 0 Å². The number of rotatable bonds is 7. The zero-order chi connectivity index (χ0) is 14.4. The number of nitrogens with zero attached hydrogens (tertiary/aromatic N) is 1. The van der Waals surface area contributed by atoms with Crippen LogP contribution in [-0.4, -0.2) is 19.1 Å². The molecule has 0 aliphatic carbocycles. The largest absolute Gasteiger partial charge is 0.371 e. The van der Waals surface area contributed by atoms with Crippen molar-refractivity contribution in [3.63, 3.8) is 0 Å². The van der Waals surface area contributed by atoms with Crippen LogP contribution in [0.15, 0.2) is 18.2 Å². The van der Waals surface area contributed by atoms with Gasteiger partial charge in [-0.15, -0.1) is 0 Å². The Morgan fingerprint density at radius 3 is 2.26 bits per heavy atom. The maximum atomic E-state index is 3.47. The Labute approximate surface area is 119 Å². The Morgan fingerprint density at radius 2 is 1.79 bits per heavy atom. The molecule has 0 saturated carbocycles. The lowest BCUT2D eigenvalue weighted by molar-refractivity contribution is 0.585. The maximum Gasteiger partial charge on any atom is 0.0396 e. The molecule has 0 aromatic heterocycles.